The zero-order chi connectivity index (χ0) is 12.3. The molecule has 0 saturated carbocycles. The zero-order valence-corrected chi connectivity index (χ0v) is 8.75. The lowest BCUT2D eigenvalue weighted by Crippen LogP contribution is -2.32. The minimum Gasteiger partial charge on any atom is -0.272 e. The van der Waals surface area contributed by atoms with Gasteiger partial charge < -0.3 is 0 Å². The van der Waals surface area contributed by atoms with Gasteiger partial charge in [-0.15, -0.1) is 0 Å². The van der Waals surface area contributed by atoms with Crippen LogP contribution in [0.25, 0.3) is 0 Å². The molecule has 8 heteroatoms. The maximum Gasteiger partial charge on any atom is 0.338 e. The molecule has 1 unspecified atom stereocenters. The third-order valence-electron chi connectivity index (χ3n) is 1.83. The fourth-order valence-electron chi connectivity index (χ4n) is 1.13. The minimum absolute atomic E-state index is 0.0217. The summed E-state index contributed by atoms with van der Waals surface area (Å²) in [4.78, 5) is 20.9. The van der Waals surface area contributed by atoms with Crippen LogP contribution in [0.2, 0.25) is 0 Å². The van der Waals surface area contributed by atoms with Gasteiger partial charge in [0.05, 0.1) is 0 Å². The fourth-order valence-corrected chi connectivity index (χ4v) is 1.67. The monoisotopic (exact) mass is 244 g/mol. The van der Waals surface area contributed by atoms with Crippen molar-refractivity contribution >= 4 is 15.1 Å². The van der Waals surface area contributed by atoms with E-state index in [1.165, 1.54) is 24.3 Å². The van der Waals surface area contributed by atoms with Gasteiger partial charge in [0.1, 0.15) is 0 Å². The molecule has 0 amide bonds. The molecule has 1 atom stereocenters. The van der Waals surface area contributed by atoms with Crippen LogP contribution in [0.5, 0.6) is 0 Å². The molecular formula is C8H8N2O5S. The Morgan fingerprint density at radius 1 is 1.31 bits per heavy atom. The summed E-state index contributed by atoms with van der Waals surface area (Å²) in [5.41, 5.74) is -0.0217. The van der Waals surface area contributed by atoms with E-state index in [-0.39, 0.29) is 5.56 Å². The van der Waals surface area contributed by atoms with Gasteiger partial charge in [-0.25, -0.2) is 13.6 Å². The molecule has 0 heterocycles. The maximum absolute atomic E-state index is 11.3. The molecule has 7 nitrogen and oxygen atoms in total. The Morgan fingerprint density at radius 3 is 2.19 bits per heavy atom. The first kappa shape index (κ1) is 12.3. The number of carbonyl (C=O) groups is 1. The Morgan fingerprint density at radius 2 is 1.81 bits per heavy atom. The van der Waals surface area contributed by atoms with Crippen LogP contribution in [0.4, 0.5) is 0 Å². The first-order valence-corrected chi connectivity index (χ1v) is 5.63. The van der Waals surface area contributed by atoms with E-state index in [1.807, 2.05) is 0 Å². The normalized spacial score (nSPS) is 13.1. The molecule has 86 valence electrons. The molecule has 0 aliphatic rings. The Labute approximate surface area is 91.1 Å². The van der Waals surface area contributed by atoms with E-state index < -0.39 is 26.1 Å². The van der Waals surface area contributed by atoms with E-state index in [9.17, 15) is 23.3 Å². The molecule has 0 aromatic heterocycles. The van der Waals surface area contributed by atoms with Crippen molar-refractivity contribution < 1.29 is 18.1 Å². The predicted molar refractivity (Wildman–Crippen MR) is 54.3 cm³/mol. The van der Waals surface area contributed by atoms with Gasteiger partial charge in [0.25, 0.3) is 10.0 Å². The molecule has 0 aliphatic carbocycles. The van der Waals surface area contributed by atoms with Crippen molar-refractivity contribution in [2.24, 2.45) is 5.14 Å². The number of sulfonamides is 1. The van der Waals surface area contributed by atoms with Crippen molar-refractivity contribution in [2.75, 3.05) is 0 Å². The zero-order valence-electron chi connectivity index (χ0n) is 7.94. The summed E-state index contributed by atoms with van der Waals surface area (Å²) < 4.78 is 21.5. The summed E-state index contributed by atoms with van der Waals surface area (Å²) in [5, 5.41) is 13.6. The Bertz CT molecular complexity index is 510. The number of nitrogens with zero attached hydrogens (tertiary/aromatic N) is 1. The van der Waals surface area contributed by atoms with E-state index in [0.29, 0.717) is 0 Å². The summed E-state index contributed by atoms with van der Waals surface area (Å²) in [6.07, 6.45) is 0. The molecule has 0 fully saturated rings. The Kier molecular flexibility index (Phi) is 3.35. The van der Waals surface area contributed by atoms with Crippen molar-refractivity contribution in [1.29, 1.82) is 0 Å². The van der Waals surface area contributed by atoms with Gasteiger partial charge >= 0.3 is 11.2 Å². The van der Waals surface area contributed by atoms with Crippen LogP contribution in [-0.4, -0.2) is 18.5 Å². The van der Waals surface area contributed by atoms with Gasteiger partial charge in [0, 0.05) is 10.5 Å². The standard InChI is InChI=1S/C8H8N2O5S/c9-16(14,15)8(11)7(10(12)13)6-4-2-1-3-5-6/h1-5,7H,(H2,9,14,15). The highest BCUT2D eigenvalue weighted by molar-refractivity contribution is 8.04. The quantitative estimate of drug-likeness (QED) is 0.584. The second-order valence-electron chi connectivity index (χ2n) is 2.96. The number of rotatable bonds is 3. The number of nitrogens with two attached hydrogens (primary N) is 1. The summed E-state index contributed by atoms with van der Waals surface area (Å²) in [6.45, 7) is 0. The first-order valence-electron chi connectivity index (χ1n) is 4.09. The van der Waals surface area contributed by atoms with Gasteiger partial charge in [0.2, 0.25) is 0 Å². The third-order valence-corrected chi connectivity index (χ3v) is 2.61. The number of benzene rings is 1. The maximum atomic E-state index is 11.3. The van der Waals surface area contributed by atoms with Crippen LogP contribution in [0, 0.1) is 10.1 Å². The second-order valence-corrected chi connectivity index (χ2v) is 4.46. The molecule has 0 saturated heterocycles. The van der Waals surface area contributed by atoms with E-state index in [4.69, 9.17) is 0 Å². The van der Waals surface area contributed by atoms with Gasteiger partial charge in [-0.05, 0) is 0 Å². The molecule has 1 rings (SSSR count). The van der Waals surface area contributed by atoms with E-state index in [0.717, 1.165) is 0 Å². The lowest BCUT2D eigenvalue weighted by Gasteiger charge is -2.06. The summed E-state index contributed by atoms with van der Waals surface area (Å²) in [6, 6.07) is 5.11. The third kappa shape index (κ3) is 2.61. The highest BCUT2D eigenvalue weighted by Crippen LogP contribution is 2.18. The lowest BCUT2D eigenvalue weighted by atomic mass is 10.1. The highest BCUT2D eigenvalue weighted by atomic mass is 32.2. The highest BCUT2D eigenvalue weighted by Gasteiger charge is 2.38. The predicted octanol–water partition coefficient (Wildman–Crippen LogP) is -0.180. The molecule has 16 heavy (non-hydrogen) atoms. The van der Waals surface area contributed by atoms with Crippen molar-refractivity contribution in [3.05, 3.63) is 46.0 Å². The van der Waals surface area contributed by atoms with E-state index >= 15 is 0 Å². The van der Waals surface area contributed by atoms with Crippen LogP contribution in [-0.2, 0) is 14.8 Å². The summed E-state index contributed by atoms with van der Waals surface area (Å²) >= 11 is 0. The minimum atomic E-state index is -4.58. The van der Waals surface area contributed by atoms with Gasteiger partial charge in [0.15, 0.2) is 0 Å². The average Bonchev–Trinajstić information content (AvgIpc) is 2.17. The molecule has 0 aliphatic heterocycles. The van der Waals surface area contributed by atoms with Gasteiger partial charge in [-0.2, -0.15) is 0 Å². The first-order chi connectivity index (χ1) is 7.34. The van der Waals surface area contributed by atoms with Crippen LogP contribution in [0.3, 0.4) is 0 Å². The summed E-state index contributed by atoms with van der Waals surface area (Å²) in [7, 11) is -4.58. The number of carbonyl (C=O) groups excluding carboxylic acids is 1. The van der Waals surface area contributed by atoms with Crippen LogP contribution in [0.15, 0.2) is 30.3 Å². The Hall–Kier alpha value is -1.80. The fraction of sp³-hybridized carbons (Fsp3) is 0.125. The molecule has 1 aromatic carbocycles. The molecule has 0 radical (unpaired) electrons. The molecule has 2 N–H and O–H groups in total. The average molecular weight is 244 g/mol. The van der Waals surface area contributed by atoms with Crippen LogP contribution in [0.1, 0.15) is 11.6 Å². The van der Waals surface area contributed by atoms with E-state index in [1.54, 1.807) is 6.07 Å². The summed E-state index contributed by atoms with van der Waals surface area (Å²) in [5.74, 6) is 0. The van der Waals surface area contributed by atoms with Gasteiger partial charge in [-0.3, -0.25) is 14.9 Å². The van der Waals surface area contributed by atoms with Crippen molar-refractivity contribution in [2.45, 2.75) is 6.04 Å². The Balaban J connectivity index is 3.23. The van der Waals surface area contributed by atoms with E-state index in [2.05, 4.69) is 5.14 Å². The van der Waals surface area contributed by atoms with Crippen molar-refractivity contribution in [3.63, 3.8) is 0 Å². The number of hydrogen-bond acceptors (Lipinski definition) is 5. The molecular weight excluding hydrogens is 236 g/mol. The van der Waals surface area contributed by atoms with Gasteiger partial charge in [-0.1, -0.05) is 30.3 Å². The molecule has 1 aromatic rings. The topological polar surface area (TPSA) is 120 Å². The molecule has 0 spiro atoms. The largest absolute Gasteiger partial charge is 0.338 e. The number of hydrogen-bond donors (Lipinski definition) is 1. The van der Waals surface area contributed by atoms with Crippen LogP contribution < -0.4 is 5.14 Å². The van der Waals surface area contributed by atoms with Crippen LogP contribution >= 0.6 is 0 Å². The SMILES string of the molecule is NS(=O)(=O)C(=O)C(c1ccccc1)[N+](=O)[O-]. The lowest BCUT2D eigenvalue weighted by molar-refractivity contribution is -0.511. The van der Waals surface area contributed by atoms with Crippen molar-refractivity contribution in [3.8, 4) is 0 Å². The van der Waals surface area contributed by atoms with Crippen molar-refractivity contribution in [1.82, 2.24) is 0 Å². The molecule has 0 bridgehead atoms. The smallest absolute Gasteiger partial charge is 0.272 e. The number of primary sulfonamides is 1. The number of nitro groups is 1. The second kappa shape index (κ2) is 4.37.